The Hall–Kier alpha value is -0.580. The Morgan fingerprint density at radius 2 is 2.08 bits per heavy atom. The second-order valence-corrected chi connectivity index (χ2v) is 4.49. The molecule has 0 saturated carbocycles. The first kappa shape index (κ1) is 8.99. The molecule has 0 unspecified atom stereocenters. The van der Waals surface area contributed by atoms with E-state index >= 15 is 0 Å². The second kappa shape index (κ2) is 2.97. The van der Waals surface area contributed by atoms with Crippen LogP contribution >= 0.6 is 22.6 Å². The molecule has 13 heavy (non-hydrogen) atoms. The first-order chi connectivity index (χ1) is 6.11. The van der Waals surface area contributed by atoms with Gasteiger partial charge in [0.05, 0.1) is 11.7 Å². The van der Waals surface area contributed by atoms with E-state index in [0.29, 0.717) is 0 Å². The summed E-state index contributed by atoms with van der Waals surface area (Å²) in [5.74, 6) is 0. The Balaban J connectivity index is 2.99. The second-order valence-electron chi connectivity index (χ2n) is 3.33. The Kier molecular flexibility index (Phi) is 2.06. The van der Waals surface area contributed by atoms with Gasteiger partial charge in [-0.05, 0) is 53.6 Å². The highest BCUT2D eigenvalue weighted by atomic mass is 127. The SMILES string of the molecule is Cc1cc(I)c2c(cnn2C)c1C. The van der Waals surface area contributed by atoms with Gasteiger partial charge in [-0.15, -0.1) is 0 Å². The Morgan fingerprint density at radius 1 is 1.38 bits per heavy atom. The normalized spacial score (nSPS) is 11.1. The van der Waals surface area contributed by atoms with E-state index in [1.807, 2.05) is 17.9 Å². The number of aryl methyl sites for hydroxylation is 3. The van der Waals surface area contributed by atoms with Crippen molar-refractivity contribution in [1.82, 2.24) is 9.78 Å². The molecule has 0 radical (unpaired) electrons. The molecule has 1 aromatic heterocycles. The summed E-state index contributed by atoms with van der Waals surface area (Å²) in [7, 11) is 1.99. The Bertz CT molecular complexity index is 471. The van der Waals surface area contributed by atoms with Crippen LogP contribution in [-0.2, 0) is 7.05 Å². The Morgan fingerprint density at radius 3 is 2.77 bits per heavy atom. The average Bonchev–Trinajstić information content (AvgIpc) is 2.44. The molecule has 3 heteroatoms. The third kappa shape index (κ3) is 1.25. The van der Waals surface area contributed by atoms with Crippen molar-refractivity contribution in [1.29, 1.82) is 0 Å². The summed E-state index contributed by atoms with van der Waals surface area (Å²) in [5.41, 5.74) is 3.91. The van der Waals surface area contributed by atoms with Crippen LogP contribution in [-0.4, -0.2) is 9.78 Å². The van der Waals surface area contributed by atoms with Gasteiger partial charge in [-0.25, -0.2) is 0 Å². The fourth-order valence-corrected chi connectivity index (χ4v) is 2.68. The van der Waals surface area contributed by atoms with Crippen LogP contribution in [0.15, 0.2) is 12.3 Å². The molecule has 68 valence electrons. The van der Waals surface area contributed by atoms with Gasteiger partial charge in [0.25, 0.3) is 0 Å². The average molecular weight is 286 g/mol. The van der Waals surface area contributed by atoms with Crippen molar-refractivity contribution < 1.29 is 0 Å². The van der Waals surface area contributed by atoms with Gasteiger partial charge in [0.1, 0.15) is 0 Å². The van der Waals surface area contributed by atoms with Crippen molar-refractivity contribution in [2.75, 3.05) is 0 Å². The van der Waals surface area contributed by atoms with E-state index in [2.05, 4.69) is 47.6 Å². The molecule has 2 aromatic rings. The van der Waals surface area contributed by atoms with Gasteiger partial charge in [-0.2, -0.15) is 5.10 Å². The highest BCUT2D eigenvalue weighted by molar-refractivity contribution is 14.1. The molecule has 0 atom stereocenters. The van der Waals surface area contributed by atoms with Crippen LogP contribution in [0, 0.1) is 17.4 Å². The Labute approximate surface area is 91.1 Å². The lowest BCUT2D eigenvalue weighted by Crippen LogP contribution is -1.93. The van der Waals surface area contributed by atoms with E-state index in [1.54, 1.807) is 0 Å². The number of hydrogen-bond acceptors (Lipinski definition) is 1. The molecule has 2 nitrogen and oxygen atoms in total. The third-order valence-electron chi connectivity index (χ3n) is 2.50. The fourth-order valence-electron chi connectivity index (χ4n) is 1.57. The van der Waals surface area contributed by atoms with E-state index in [4.69, 9.17) is 0 Å². The zero-order valence-corrected chi connectivity index (χ0v) is 10.1. The fraction of sp³-hybridized carbons (Fsp3) is 0.300. The topological polar surface area (TPSA) is 17.8 Å². The number of benzene rings is 1. The van der Waals surface area contributed by atoms with E-state index in [1.165, 1.54) is 25.6 Å². The minimum absolute atomic E-state index is 1.24. The summed E-state index contributed by atoms with van der Waals surface area (Å²) >= 11 is 2.36. The van der Waals surface area contributed by atoms with Gasteiger partial charge >= 0.3 is 0 Å². The zero-order valence-electron chi connectivity index (χ0n) is 7.93. The highest BCUT2D eigenvalue weighted by Gasteiger charge is 2.08. The first-order valence-electron chi connectivity index (χ1n) is 4.18. The predicted molar refractivity (Wildman–Crippen MR) is 62.9 cm³/mol. The van der Waals surface area contributed by atoms with Gasteiger partial charge < -0.3 is 0 Å². The van der Waals surface area contributed by atoms with Gasteiger partial charge in [-0.3, -0.25) is 4.68 Å². The molecule has 0 fully saturated rings. The number of nitrogens with zero attached hydrogens (tertiary/aromatic N) is 2. The molecule has 1 aromatic carbocycles. The van der Waals surface area contributed by atoms with E-state index in [9.17, 15) is 0 Å². The van der Waals surface area contributed by atoms with Crippen LogP contribution < -0.4 is 0 Å². The summed E-state index contributed by atoms with van der Waals surface area (Å²) in [4.78, 5) is 0. The van der Waals surface area contributed by atoms with E-state index < -0.39 is 0 Å². The smallest absolute Gasteiger partial charge is 0.0815 e. The molecule has 0 saturated heterocycles. The molecule has 0 N–H and O–H groups in total. The number of fused-ring (bicyclic) bond motifs is 1. The van der Waals surface area contributed by atoms with Gasteiger partial charge in [0.2, 0.25) is 0 Å². The van der Waals surface area contributed by atoms with Crippen molar-refractivity contribution in [3.8, 4) is 0 Å². The monoisotopic (exact) mass is 286 g/mol. The van der Waals surface area contributed by atoms with Gasteiger partial charge in [0.15, 0.2) is 0 Å². The lowest BCUT2D eigenvalue weighted by molar-refractivity contribution is 0.795. The predicted octanol–water partition coefficient (Wildman–Crippen LogP) is 2.79. The number of halogens is 1. The van der Waals surface area contributed by atoms with Gasteiger partial charge in [0, 0.05) is 16.0 Å². The summed E-state index contributed by atoms with van der Waals surface area (Å²) in [5, 5.41) is 5.54. The summed E-state index contributed by atoms with van der Waals surface area (Å²) in [6.07, 6.45) is 1.94. The maximum atomic E-state index is 4.27. The minimum Gasteiger partial charge on any atom is -0.267 e. The first-order valence-corrected chi connectivity index (χ1v) is 5.26. The van der Waals surface area contributed by atoms with Crippen LogP contribution in [0.3, 0.4) is 0 Å². The summed E-state index contributed by atoms with van der Waals surface area (Å²) in [6, 6.07) is 2.21. The van der Waals surface area contributed by atoms with E-state index in [-0.39, 0.29) is 0 Å². The largest absolute Gasteiger partial charge is 0.267 e. The molecular formula is C10H11IN2. The van der Waals surface area contributed by atoms with E-state index in [0.717, 1.165) is 0 Å². The maximum Gasteiger partial charge on any atom is 0.0815 e. The summed E-state index contributed by atoms with van der Waals surface area (Å²) in [6.45, 7) is 4.29. The quantitative estimate of drug-likeness (QED) is 0.681. The molecule has 0 aliphatic rings. The van der Waals surface area contributed by atoms with Crippen molar-refractivity contribution in [3.63, 3.8) is 0 Å². The van der Waals surface area contributed by atoms with Crippen LogP contribution in [0.5, 0.6) is 0 Å². The number of rotatable bonds is 0. The maximum absolute atomic E-state index is 4.27. The lowest BCUT2D eigenvalue weighted by atomic mass is 10.1. The molecular weight excluding hydrogens is 275 g/mol. The van der Waals surface area contributed by atoms with Crippen LogP contribution in [0.1, 0.15) is 11.1 Å². The van der Waals surface area contributed by atoms with Crippen LogP contribution in [0.25, 0.3) is 10.9 Å². The highest BCUT2D eigenvalue weighted by Crippen LogP contribution is 2.25. The van der Waals surface area contributed by atoms with Crippen LogP contribution in [0.2, 0.25) is 0 Å². The molecule has 0 amide bonds. The van der Waals surface area contributed by atoms with Crippen molar-refractivity contribution in [2.45, 2.75) is 13.8 Å². The molecule has 0 spiro atoms. The van der Waals surface area contributed by atoms with Crippen molar-refractivity contribution >= 4 is 33.5 Å². The lowest BCUT2D eigenvalue weighted by Gasteiger charge is -2.04. The number of hydrogen-bond donors (Lipinski definition) is 0. The van der Waals surface area contributed by atoms with Crippen molar-refractivity contribution in [2.24, 2.45) is 7.05 Å². The molecule has 0 aliphatic carbocycles. The van der Waals surface area contributed by atoms with Gasteiger partial charge in [-0.1, -0.05) is 0 Å². The number of aromatic nitrogens is 2. The minimum atomic E-state index is 1.24. The van der Waals surface area contributed by atoms with Crippen molar-refractivity contribution in [3.05, 3.63) is 27.0 Å². The standard InChI is InChI=1S/C10H11IN2/c1-6-4-9(11)10-8(7(6)2)5-12-13(10)3/h4-5H,1-3H3. The molecule has 0 bridgehead atoms. The molecule has 1 heterocycles. The van der Waals surface area contributed by atoms with Crippen LogP contribution in [0.4, 0.5) is 0 Å². The molecule has 0 aliphatic heterocycles. The molecule has 2 rings (SSSR count). The third-order valence-corrected chi connectivity index (χ3v) is 3.33. The summed E-state index contributed by atoms with van der Waals surface area (Å²) < 4.78 is 3.21. The zero-order chi connectivity index (χ0) is 9.59.